The van der Waals surface area contributed by atoms with Crippen molar-refractivity contribution in [3.63, 3.8) is 0 Å². The number of benzene rings is 3. The topological polar surface area (TPSA) is 49.4 Å². The zero-order chi connectivity index (χ0) is 20.4. The third-order valence-electron chi connectivity index (χ3n) is 5.40. The van der Waals surface area contributed by atoms with Crippen molar-refractivity contribution in [3.8, 4) is 0 Å². The number of fused-ring (bicyclic) bond motifs is 1. The molecule has 4 rings (SSSR count). The Balaban J connectivity index is 1.51. The Bertz CT molecular complexity index is 1090. The predicted molar refractivity (Wildman–Crippen MR) is 115 cm³/mol. The van der Waals surface area contributed by atoms with Crippen molar-refractivity contribution < 1.29 is 9.59 Å². The number of nitrogens with zero attached hydrogens (tertiary/aromatic N) is 1. The van der Waals surface area contributed by atoms with Crippen LogP contribution < -0.4 is 10.2 Å². The molecule has 1 aliphatic rings. The molecule has 0 spiro atoms. The Labute approximate surface area is 171 Å². The highest BCUT2D eigenvalue weighted by atomic mass is 16.2. The summed E-state index contributed by atoms with van der Waals surface area (Å²) >= 11 is 0. The van der Waals surface area contributed by atoms with Gasteiger partial charge in [-0.15, -0.1) is 0 Å². The lowest BCUT2D eigenvalue weighted by atomic mass is 10.1. The Morgan fingerprint density at radius 1 is 0.966 bits per heavy atom. The summed E-state index contributed by atoms with van der Waals surface area (Å²) < 4.78 is 0. The summed E-state index contributed by atoms with van der Waals surface area (Å²) in [6.45, 7) is 5.02. The molecule has 4 heteroatoms. The van der Waals surface area contributed by atoms with Gasteiger partial charge in [0.1, 0.15) is 0 Å². The van der Waals surface area contributed by atoms with E-state index >= 15 is 0 Å². The molecule has 0 bridgehead atoms. The number of amides is 2. The van der Waals surface area contributed by atoms with Crippen LogP contribution in [-0.4, -0.2) is 18.4 Å². The quantitative estimate of drug-likeness (QED) is 0.723. The normalized spacial score (nSPS) is 12.6. The number of hydrogen-bond acceptors (Lipinski definition) is 2. The summed E-state index contributed by atoms with van der Waals surface area (Å²) in [5, 5.41) is 2.99. The lowest BCUT2D eigenvalue weighted by molar-refractivity contribution is 0.0948. The predicted octanol–water partition coefficient (Wildman–Crippen LogP) is 4.44. The van der Waals surface area contributed by atoms with E-state index in [1.165, 1.54) is 5.56 Å². The van der Waals surface area contributed by atoms with Crippen LogP contribution in [-0.2, 0) is 13.0 Å². The van der Waals surface area contributed by atoms with Crippen LogP contribution in [0.4, 0.5) is 5.69 Å². The average Bonchev–Trinajstić information content (AvgIpc) is 3.15. The number of carbonyl (C=O) groups excluding carboxylic acids is 2. The second-order valence-electron chi connectivity index (χ2n) is 7.54. The summed E-state index contributed by atoms with van der Waals surface area (Å²) in [7, 11) is 0. The zero-order valence-corrected chi connectivity index (χ0v) is 16.7. The Hall–Kier alpha value is -3.40. The molecule has 4 nitrogen and oxygen atoms in total. The Kier molecular flexibility index (Phi) is 5.17. The molecule has 0 saturated heterocycles. The summed E-state index contributed by atoms with van der Waals surface area (Å²) in [6, 6.07) is 21.3. The van der Waals surface area contributed by atoms with Gasteiger partial charge in [-0.05, 0) is 61.2 Å². The standard InChI is InChI=1S/C25H24N2O2/c1-17-6-5-8-21(14-17)25(29)27-13-12-20-11-10-19(15-23(20)27)16-26-24(28)22-9-4-3-7-18(22)2/h3-11,14-15H,12-13,16H2,1-2H3,(H,26,28). The van der Waals surface area contributed by atoms with E-state index < -0.39 is 0 Å². The molecule has 1 N–H and O–H groups in total. The molecule has 2 amide bonds. The number of hydrogen-bond donors (Lipinski definition) is 1. The first-order valence-electron chi connectivity index (χ1n) is 9.87. The number of carbonyl (C=O) groups is 2. The second kappa shape index (κ2) is 7.92. The molecule has 0 atom stereocenters. The van der Waals surface area contributed by atoms with Crippen molar-refractivity contribution >= 4 is 17.5 Å². The van der Waals surface area contributed by atoms with E-state index in [0.717, 1.165) is 28.8 Å². The van der Waals surface area contributed by atoms with Gasteiger partial charge in [-0.3, -0.25) is 9.59 Å². The largest absolute Gasteiger partial charge is 0.348 e. The molecule has 0 aromatic heterocycles. The van der Waals surface area contributed by atoms with Crippen molar-refractivity contribution in [1.82, 2.24) is 5.32 Å². The Morgan fingerprint density at radius 2 is 1.79 bits per heavy atom. The zero-order valence-electron chi connectivity index (χ0n) is 16.7. The summed E-state index contributed by atoms with van der Waals surface area (Å²) in [6.07, 6.45) is 0.850. The highest BCUT2D eigenvalue weighted by Gasteiger charge is 2.26. The molecule has 0 unspecified atom stereocenters. The van der Waals surface area contributed by atoms with E-state index in [9.17, 15) is 9.59 Å². The first-order valence-corrected chi connectivity index (χ1v) is 9.87. The van der Waals surface area contributed by atoms with Gasteiger partial charge in [-0.25, -0.2) is 0 Å². The summed E-state index contributed by atoms with van der Waals surface area (Å²) in [5.74, 6) is -0.0650. The summed E-state index contributed by atoms with van der Waals surface area (Å²) in [4.78, 5) is 27.3. The fourth-order valence-electron chi connectivity index (χ4n) is 3.78. The van der Waals surface area contributed by atoms with Crippen LogP contribution in [0.2, 0.25) is 0 Å². The number of aryl methyl sites for hydroxylation is 2. The third kappa shape index (κ3) is 3.92. The van der Waals surface area contributed by atoms with Crippen molar-refractivity contribution in [2.24, 2.45) is 0 Å². The van der Waals surface area contributed by atoms with Gasteiger partial charge in [-0.2, -0.15) is 0 Å². The maximum absolute atomic E-state index is 13.0. The van der Waals surface area contributed by atoms with E-state index in [4.69, 9.17) is 0 Å². The molecule has 146 valence electrons. The van der Waals surface area contributed by atoms with Crippen LogP contribution in [0.3, 0.4) is 0 Å². The number of anilines is 1. The fraction of sp³-hybridized carbons (Fsp3) is 0.200. The van der Waals surface area contributed by atoms with Crippen LogP contribution in [0.25, 0.3) is 0 Å². The first kappa shape index (κ1) is 18.9. The minimum Gasteiger partial charge on any atom is -0.348 e. The maximum atomic E-state index is 13.0. The van der Waals surface area contributed by atoms with Gasteiger partial charge in [0.15, 0.2) is 0 Å². The highest BCUT2D eigenvalue weighted by Crippen LogP contribution is 2.30. The molecule has 1 aliphatic heterocycles. The highest BCUT2D eigenvalue weighted by molar-refractivity contribution is 6.07. The van der Waals surface area contributed by atoms with Gasteiger partial charge in [0, 0.05) is 29.9 Å². The second-order valence-corrected chi connectivity index (χ2v) is 7.54. The van der Waals surface area contributed by atoms with Crippen molar-refractivity contribution in [2.45, 2.75) is 26.8 Å². The number of rotatable bonds is 4. The van der Waals surface area contributed by atoms with Gasteiger partial charge >= 0.3 is 0 Å². The van der Waals surface area contributed by atoms with E-state index in [0.29, 0.717) is 24.2 Å². The Morgan fingerprint density at radius 3 is 2.59 bits per heavy atom. The smallest absolute Gasteiger partial charge is 0.258 e. The molecule has 0 aliphatic carbocycles. The molecule has 29 heavy (non-hydrogen) atoms. The van der Waals surface area contributed by atoms with Crippen LogP contribution in [0.1, 0.15) is 43.0 Å². The fourth-order valence-corrected chi connectivity index (χ4v) is 3.78. The monoisotopic (exact) mass is 384 g/mol. The van der Waals surface area contributed by atoms with Crippen LogP contribution >= 0.6 is 0 Å². The van der Waals surface area contributed by atoms with Gasteiger partial charge in [-0.1, -0.05) is 48.0 Å². The van der Waals surface area contributed by atoms with Gasteiger partial charge in [0.2, 0.25) is 0 Å². The van der Waals surface area contributed by atoms with Crippen LogP contribution in [0.15, 0.2) is 66.7 Å². The van der Waals surface area contributed by atoms with Gasteiger partial charge < -0.3 is 10.2 Å². The molecular formula is C25H24N2O2. The van der Waals surface area contributed by atoms with Crippen LogP contribution in [0, 0.1) is 13.8 Å². The van der Waals surface area contributed by atoms with Crippen molar-refractivity contribution in [3.05, 3.63) is 100 Å². The lowest BCUT2D eigenvalue weighted by Crippen LogP contribution is -2.29. The minimum absolute atomic E-state index is 0.0218. The molecule has 0 fully saturated rings. The number of nitrogens with one attached hydrogen (secondary N) is 1. The SMILES string of the molecule is Cc1cccc(C(=O)N2CCc3ccc(CNC(=O)c4ccccc4C)cc32)c1. The van der Waals surface area contributed by atoms with E-state index in [-0.39, 0.29) is 11.8 Å². The minimum atomic E-state index is -0.0868. The molecule has 0 saturated carbocycles. The van der Waals surface area contributed by atoms with E-state index in [2.05, 4.69) is 11.4 Å². The first-order chi connectivity index (χ1) is 14.0. The summed E-state index contributed by atoms with van der Waals surface area (Å²) in [5.41, 5.74) is 6.51. The molecule has 3 aromatic rings. The van der Waals surface area contributed by atoms with E-state index in [1.54, 1.807) is 0 Å². The van der Waals surface area contributed by atoms with Gasteiger partial charge in [0.05, 0.1) is 0 Å². The molecular weight excluding hydrogens is 360 g/mol. The van der Waals surface area contributed by atoms with Gasteiger partial charge in [0.25, 0.3) is 11.8 Å². The average molecular weight is 384 g/mol. The maximum Gasteiger partial charge on any atom is 0.258 e. The van der Waals surface area contributed by atoms with E-state index in [1.807, 2.05) is 79.4 Å². The molecule has 1 heterocycles. The van der Waals surface area contributed by atoms with Crippen molar-refractivity contribution in [1.29, 1.82) is 0 Å². The lowest BCUT2D eigenvalue weighted by Gasteiger charge is -2.18. The molecule has 0 radical (unpaired) electrons. The third-order valence-corrected chi connectivity index (χ3v) is 5.40. The molecule has 3 aromatic carbocycles. The van der Waals surface area contributed by atoms with Crippen LogP contribution in [0.5, 0.6) is 0 Å². The van der Waals surface area contributed by atoms with Crippen molar-refractivity contribution in [2.75, 3.05) is 11.4 Å².